The Morgan fingerprint density at radius 3 is 2.41 bits per heavy atom. The molecule has 2 aromatic rings. The van der Waals surface area contributed by atoms with Crippen molar-refractivity contribution in [1.82, 2.24) is 9.62 Å². The van der Waals surface area contributed by atoms with Crippen molar-refractivity contribution in [1.29, 1.82) is 0 Å². The molecule has 1 atom stereocenters. The van der Waals surface area contributed by atoms with Crippen molar-refractivity contribution in [3.05, 3.63) is 64.7 Å². The lowest BCUT2D eigenvalue weighted by Gasteiger charge is -2.26. The van der Waals surface area contributed by atoms with Crippen molar-refractivity contribution in [3.63, 3.8) is 0 Å². The standard InChI is InChI=1S/C20H23ClN2O3S/c1-15(16-8-10-18(21)11-9-16)22-20(24)17-6-5-7-19(14-17)27(25,26)23-12-3-2-4-13-23/h5-11,14-15H,2-4,12-13H2,1H3,(H,22,24)/t15-/m1/s1. The van der Waals surface area contributed by atoms with E-state index in [1.165, 1.54) is 10.4 Å². The molecule has 0 saturated carbocycles. The van der Waals surface area contributed by atoms with Gasteiger partial charge in [-0.1, -0.05) is 36.2 Å². The summed E-state index contributed by atoms with van der Waals surface area (Å²) in [6.07, 6.45) is 2.80. The predicted molar refractivity (Wildman–Crippen MR) is 106 cm³/mol. The number of nitrogens with zero attached hydrogens (tertiary/aromatic N) is 1. The Labute approximate surface area is 165 Å². The SMILES string of the molecule is C[C@@H](NC(=O)c1cccc(S(=O)(=O)N2CCCCC2)c1)c1ccc(Cl)cc1. The van der Waals surface area contributed by atoms with Crippen LogP contribution in [0.2, 0.25) is 5.02 Å². The monoisotopic (exact) mass is 406 g/mol. The lowest BCUT2D eigenvalue weighted by atomic mass is 10.1. The zero-order valence-corrected chi connectivity index (χ0v) is 16.8. The van der Waals surface area contributed by atoms with E-state index in [9.17, 15) is 13.2 Å². The zero-order valence-electron chi connectivity index (χ0n) is 15.2. The molecule has 1 fully saturated rings. The molecule has 0 radical (unpaired) electrons. The minimum atomic E-state index is -3.56. The molecule has 1 saturated heterocycles. The van der Waals surface area contributed by atoms with Gasteiger partial charge >= 0.3 is 0 Å². The average Bonchev–Trinajstić information content (AvgIpc) is 2.69. The highest BCUT2D eigenvalue weighted by Crippen LogP contribution is 2.22. The molecule has 1 aliphatic heterocycles. The first kappa shape index (κ1) is 19.9. The Morgan fingerprint density at radius 2 is 1.74 bits per heavy atom. The Balaban J connectivity index is 1.76. The second kappa shape index (κ2) is 8.42. The van der Waals surface area contributed by atoms with E-state index >= 15 is 0 Å². The lowest BCUT2D eigenvalue weighted by molar-refractivity contribution is 0.0939. The summed E-state index contributed by atoms with van der Waals surface area (Å²) < 4.78 is 27.1. The number of amides is 1. The fourth-order valence-corrected chi connectivity index (χ4v) is 4.86. The van der Waals surface area contributed by atoms with Gasteiger partial charge in [-0.05, 0) is 55.7 Å². The maximum atomic E-state index is 12.8. The van der Waals surface area contributed by atoms with Gasteiger partial charge in [0.25, 0.3) is 5.91 Å². The first-order valence-electron chi connectivity index (χ1n) is 9.04. The van der Waals surface area contributed by atoms with E-state index in [4.69, 9.17) is 11.6 Å². The van der Waals surface area contributed by atoms with Crippen molar-refractivity contribution in [3.8, 4) is 0 Å². The van der Waals surface area contributed by atoms with Gasteiger partial charge in [0.1, 0.15) is 0 Å². The Morgan fingerprint density at radius 1 is 1.07 bits per heavy atom. The van der Waals surface area contributed by atoms with Crippen molar-refractivity contribution in [2.75, 3.05) is 13.1 Å². The van der Waals surface area contributed by atoms with Crippen LogP contribution in [0.25, 0.3) is 0 Å². The van der Waals surface area contributed by atoms with Crippen LogP contribution < -0.4 is 5.32 Å². The van der Waals surface area contributed by atoms with Crippen molar-refractivity contribution < 1.29 is 13.2 Å². The number of benzene rings is 2. The highest BCUT2D eigenvalue weighted by molar-refractivity contribution is 7.89. The van der Waals surface area contributed by atoms with Crippen LogP contribution in [0.4, 0.5) is 0 Å². The third-order valence-corrected chi connectivity index (χ3v) is 6.91. The van der Waals surface area contributed by atoms with E-state index in [0.29, 0.717) is 23.7 Å². The quantitative estimate of drug-likeness (QED) is 0.815. The molecule has 0 aliphatic carbocycles. The van der Waals surface area contributed by atoms with Crippen molar-refractivity contribution in [2.45, 2.75) is 37.1 Å². The average molecular weight is 407 g/mol. The minimum Gasteiger partial charge on any atom is -0.346 e. The molecule has 0 bridgehead atoms. The molecule has 7 heteroatoms. The summed E-state index contributed by atoms with van der Waals surface area (Å²) >= 11 is 5.89. The molecular weight excluding hydrogens is 384 g/mol. The third-order valence-electron chi connectivity index (χ3n) is 4.77. The number of halogens is 1. The molecular formula is C20H23ClN2O3S. The maximum Gasteiger partial charge on any atom is 0.251 e. The van der Waals surface area contributed by atoms with E-state index in [1.54, 1.807) is 30.3 Å². The highest BCUT2D eigenvalue weighted by atomic mass is 35.5. The number of hydrogen-bond donors (Lipinski definition) is 1. The van der Waals surface area contributed by atoms with Crippen LogP contribution in [0.1, 0.15) is 48.1 Å². The molecule has 27 heavy (non-hydrogen) atoms. The van der Waals surface area contributed by atoms with Crippen molar-refractivity contribution in [2.24, 2.45) is 0 Å². The van der Waals surface area contributed by atoms with Gasteiger partial charge in [0.05, 0.1) is 10.9 Å². The minimum absolute atomic E-state index is 0.163. The van der Waals surface area contributed by atoms with Crippen LogP contribution in [0.5, 0.6) is 0 Å². The summed E-state index contributed by atoms with van der Waals surface area (Å²) in [7, 11) is -3.56. The number of sulfonamides is 1. The van der Waals surface area contributed by atoms with Crippen LogP contribution >= 0.6 is 11.6 Å². The molecule has 144 valence electrons. The molecule has 1 heterocycles. The molecule has 0 unspecified atom stereocenters. The zero-order chi connectivity index (χ0) is 19.4. The van der Waals surface area contributed by atoms with Gasteiger partial charge in [-0.15, -0.1) is 0 Å². The van der Waals surface area contributed by atoms with Gasteiger partial charge in [-0.25, -0.2) is 8.42 Å². The smallest absolute Gasteiger partial charge is 0.251 e. The molecule has 2 aromatic carbocycles. The highest BCUT2D eigenvalue weighted by Gasteiger charge is 2.26. The van der Waals surface area contributed by atoms with Gasteiger partial charge in [-0.3, -0.25) is 4.79 Å². The summed E-state index contributed by atoms with van der Waals surface area (Å²) in [5.41, 5.74) is 1.25. The fourth-order valence-electron chi connectivity index (χ4n) is 3.17. The summed E-state index contributed by atoms with van der Waals surface area (Å²) in [6.45, 7) is 2.94. The second-order valence-electron chi connectivity index (χ2n) is 6.74. The molecule has 1 aliphatic rings. The van der Waals surface area contributed by atoms with Crippen LogP contribution in [-0.2, 0) is 10.0 Å². The van der Waals surface area contributed by atoms with E-state index in [1.807, 2.05) is 19.1 Å². The largest absolute Gasteiger partial charge is 0.346 e. The summed E-state index contributed by atoms with van der Waals surface area (Å²) in [4.78, 5) is 12.8. The van der Waals surface area contributed by atoms with Gasteiger partial charge in [0.15, 0.2) is 0 Å². The van der Waals surface area contributed by atoms with E-state index in [2.05, 4.69) is 5.32 Å². The lowest BCUT2D eigenvalue weighted by Crippen LogP contribution is -2.35. The first-order valence-corrected chi connectivity index (χ1v) is 10.9. The number of hydrogen-bond acceptors (Lipinski definition) is 3. The van der Waals surface area contributed by atoms with Gasteiger partial charge in [-0.2, -0.15) is 4.31 Å². The molecule has 1 amide bonds. The second-order valence-corrected chi connectivity index (χ2v) is 9.11. The Hall–Kier alpha value is -1.89. The normalized spacial score (nSPS) is 16.7. The van der Waals surface area contributed by atoms with E-state index in [-0.39, 0.29) is 16.8 Å². The molecule has 0 spiro atoms. The first-order chi connectivity index (χ1) is 12.9. The van der Waals surface area contributed by atoms with Gasteiger partial charge < -0.3 is 5.32 Å². The number of carbonyl (C=O) groups is 1. The molecule has 5 nitrogen and oxygen atoms in total. The predicted octanol–water partition coefficient (Wildman–Crippen LogP) is 4.01. The molecule has 1 N–H and O–H groups in total. The van der Waals surface area contributed by atoms with Crippen molar-refractivity contribution >= 4 is 27.5 Å². The fraction of sp³-hybridized carbons (Fsp3) is 0.350. The molecule has 0 aromatic heterocycles. The Kier molecular flexibility index (Phi) is 6.19. The van der Waals surface area contributed by atoms with Gasteiger partial charge in [0.2, 0.25) is 10.0 Å². The third kappa shape index (κ3) is 4.69. The number of rotatable bonds is 5. The maximum absolute atomic E-state index is 12.8. The number of carbonyl (C=O) groups excluding carboxylic acids is 1. The van der Waals surface area contributed by atoms with Crippen LogP contribution in [0.3, 0.4) is 0 Å². The van der Waals surface area contributed by atoms with Crippen LogP contribution in [0, 0.1) is 0 Å². The molecule has 3 rings (SSSR count). The van der Waals surface area contributed by atoms with E-state index < -0.39 is 10.0 Å². The topological polar surface area (TPSA) is 66.5 Å². The van der Waals surface area contributed by atoms with Gasteiger partial charge in [0, 0.05) is 23.7 Å². The summed E-state index contributed by atoms with van der Waals surface area (Å²) in [5, 5.41) is 3.53. The van der Waals surface area contributed by atoms with E-state index in [0.717, 1.165) is 24.8 Å². The van der Waals surface area contributed by atoms with Crippen LogP contribution in [0.15, 0.2) is 53.4 Å². The summed E-state index contributed by atoms with van der Waals surface area (Å²) in [5.74, 6) is -0.312. The number of piperidine rings is 1. The van der Waals surface area contributed by atoms with Crippen LogP contribution in [-0.4, -0.2) is 31.7 Å². The number of nitrogens with one attached hydrogen (secondary N) is 1. The summed E-state index contributed by atoms with van der Waals surface area (Å²) in [6, 6.07) is 13.2. The Bertz CT molecular complexity index is 907.